The van der Waals surface area contributed by atoms with Gasteiger partial charge in [0.15, 0.2) is 0 Å². The number of hydrogen-bond donors (Lipinski definition) is 1. The predicted molar refractivity (Wildman–Crippen MR) is 55.2 cm³/mol. The Morgan fingerprint density at radius 2 is 2.00 bits per heavy atom. The summed E-state index contributed by atoms with van der Waals surface area (Å²) < 4.78 is 10.2. The molecule has 0 radical (unpaired) electrons. The van der Waals surface area contributed by atoms with E-state index in [0.29, 0.717) is 22.1 Å². The average Bonchev–Trinajstić information content (AvgIpc) is 2.17. The van der Waals surface area contributed by atoms with E-state index in [4.69, 9.17) is 26.2 Å². The number of halogens is 1. The van der Waals surface area contributed by atoms with Crippen LogP contribution in [-0.4, -0.2) is 19.3 Å². The molecule has 1 aromatic carbocycles. The fourth-order valence-corrected chi connectivity index (χ4v) is 1.73. The summed E-state index contributed by atoms with van der Waals surface area (Å²) in [5.41, 5.74) is 1.43. The van der Waals surface area contributed by atoms with Gasteiger partial charge in [-0.1, -0.05) is 11.6 Å². The topological polar surface area (TPSA) is 38.7 Å². The van der Waals surface area contributed by atoms with Crippen LogP contribution in [0.15, 0.2) is 6.07 Å². The van der Waals surface area contributed by atoms with Crippen molar-refractivity contribution in [1.29, 1.82) is 0 Å². The maximum atomic E-state index is 9.12. The van der Waals surface area contributed by atoms with Crippen LogP contribution in [0.1, 0.15) is 11.1 Å². The predicted octanol–water partition coefficient (Wildman–Crippen LogP) is 2.16. The second kappa shape index (κ2) is 4.53. The zero-order valence-corrected chi connectivity index (χ0v) is 9.18. The highest BCUT2D eigenvalue weighted by molar-refractivity contribution is 6.33. The summed E-state index contributed by atoms with van der Waals surface area (Å²) in [6.45, 7) is 1.70. The Balaban J connectivity index is 3.39. The summed E-state index contributed by atoms with van der Waals surface area (Å²) in [4.78, 5) is 0. The summed E-state index contributed by atoms with van der Waals surface area (Å²) in [6, 6.07) is 1.79. The van der Waals surface area contributed by atoms with Crippen molar-refractivity contribution in [2.75, 3.05) is 14.2 Å². The van der Waals surface area contributed by atoms with Crippen LogP contribution in [0.4, 0.5) is 0 Å². The van der Waals surface area contributed by atoms with Gasteiger partial charge in [-0.2, -0.15) is 0 Å². The van der Waals surface area contributed by atoms with Gasteiger partial charge >= 0.3 is 0 Å². The molecule has 0 spiro atoms. The van der Waals surface area contributed by atoms with Gasteiger partial charge in [-0.15, -0.1) is 0 Å². The highest BCUT2D eigenvalue weighted by atomic mass is 35.5. The van der Waals surface area contributed by atoms with Crippen LogP contribution < -0.4 is 9.47 Å². The summed E-state index contributed by atoms with van der Waals surface area (Å²) in [6.07, 6.45) is 0. The van der Waals surface area contributed by atoms with Crippen molar-refractivity contribution in [2.45, 2.75) is 13.5 Å². The van der Waals surface area contributed by atoms with E-state index in [-0.39, 0.29) is 6.61 Å². The number of aryl methyl sites for hydroxylation is 1. The van der Waals surface area contributed by atoms with Gasteiger partial charge in [-0.3, -0.25) is 0 Å². The molecule has 1 rings (SSSR count). The molecule has 0 heterocycles. The smallest absolute Gasteiger partial charge is 0.140 e. The highest BCUT2D eigenvalue weighted by Gasteiger charge is 2.14. The molecular weight excluding hydrogens is 204 g/mol. The molecule has 4 heteroatoms. The summed E-state index contributed by atoms with van der Waals surface area (Å²) in [5, 5.41) is 9.53. The molecule has 0 unspecified atom stereocenters. The summed E-state index contributed by atoms with van der Waals surface area (Å²) in [7, 11) is 3.08. The summed E-state index contributed by atoms with van der Waals surface area (Å²) >= 11 is 6.03. The number of ether oxygens (including phenoxy) is 2. The zero-order chi connectivity index (χ0) is 10.7. The Kier molecular flexibility index (Phi) is 3.61. The molecule has 78 valence electrons. The Morgan fingerprint density at radius 1 is 1.36 bits per heavy atom. The van der Waals surface area contributed by atoms with Crippen molar-refractivity contribution in [2.24, 2.45) is 0 Å². The highest BCUT2D eigenvalue weighted by Crippen LogP contribution is 2.37. The third-order valence-electron chi connectivity index (χ3n) is 2.05. The quantitative estimate of drug-likeness (QED) is 0.842. The molecule has 0 aliphatic carbocycles. The molecular formula is C10H13ClO3. The van der Waals surface area contributed by atoms with E-state index in [1.807, 2.05) is 6.92 Å². The van der Waals surface area contributed by atoms with Crippen LogP contribution in [0, 0.1) is 6.92 Å². The lowest BCUT2D eigenvalue weighted by atomic mass is 10.1. The molecule has 3 nitrogen and oxygen atoms in total. The molecule has 0 saturated carbocycles. The minimum atomic E-state index is -0.168. The molecule has 0 amide bonds. The Hall–Kier alpha value is -0.930. The van der Waals surface area contributed by atoms with Crippen LogP contribution in [0.25, 0.3) is 0 Å². The van der Waals surface area contributed by atoms with Crippen molar-refractivity contribution in [3.63, 3.8) is 0 Å². The van der Waals surface area contributed by atoms with E-state index in [1.165, 1.54) is 7.11 Å². The van der Waals surface area contributed by atoms with Gasteiger partial charge in [0.25, 0.3) is 0 Å². The lowest BCUT2D eigenvalue weighted by molar-refractivity contribution is 0.272. The molecule has 0 bridgehead atoms. The van der Waals surface area contributed by atoms with Gasteiger partial charge in [0, 0.05) is 5.56 Å². The number of aliphatic hydroxyl groups is 1. The normalized spacial score (nSPS) is 10.1. The maximum absolute atomic E-state index is 9.12. The standard InChI is InChI=1S/C10H13ClO3/c1-6-4-8(13-2)7(5-12)9(11)10(6)14-3/h4,12H,5H2,1-3H3. The SMILES string of the molecule is COc1cc(C)c(OC)c(Cl)c1CO. The van der Waals surface area contributed by atoms with Gasteiger partial charge in [0.2, 0.25) is 0 Å². The number of methoxy groups -OCH3 is 2. The van der Waals surface area contributed by atoms with E-state index < -0.39 is 0 Å². The minimum Gasteiger partial charge on any atom is -0.496 e. The van der Waals surface area contributed by atoms with Gasteiger partial charge in [0.1, 0.15) is 11.5 Å². The van der Waals surface area contributed by atoms with E-state index in [9.17, 15) is 0 Å². The van der Waals surface area contributed by atoms with Gasteiger partial charge in [-0.05, 0) is 18.6 Å². The van der Waals surface area contributed by atoms with E-state index in [1.54, 1.807) is 13.2 Å². The van der Waals surface area contributed by atoms with Crippen molar-refractivity contribution in [3.8, 4) is 11.5 Å². The van der Waals surface area contributed by atoms with Crippen molar-refractivity contribution in [3.05, 3.63) is 22.2 Å². The Labute approximate surface area is 88.2 Å². The van der Waals surface area contributed by atoms with Crippen LogP contribution in [0.2, 0.25) is 5.02 Å². The number of rotatable bonds is 3. The lowest BCUT2D eigenvalue weighted by Crippen LogP contribution is -1.98. The first-order valence-electron chi connectivity index (χ1n) is 4.16. The second-order valence-electron chi connectivity index (χ2n) is 2.88. The number of benzene rings is 1. The van der Waals surface area contributed by atoms with Crippen LogP contribution in [0.3, 0.4) is 0 Å². The van der Waals surface area contributed by atoms with Crippen LogP contribution in [0.5, 0.6) is 11.5 Å². The van der Waals surface area contributed by atoms with E-state index in [2.05, 4.69) is 0 Å². The van der Waals surface area contributed by atoms with Gasteiger partial charge in [-0.25, -0.2) is 0 Å². The van der Waals surface area contributed by atoms with E-state index >= 15 is 0 Å². The summed E-state index contributed by atoms with van der Waals surface area (Å²) in [5.74, 6) is 1.16. The Morgan fingerprint density at radius 3 is 2.43 bits per heavy atom. The van der Waals surface area contributed by atoms with Gasteiger partial charge in [0.05, 0.1) is 25.8 Å². The average molecular weight is 217 g/mol. The minimum absolute atomic E-state index is 0.168. The zero-order valence-electron chi connectivity index (χ0n) is 8.43. The van der Waals surface area contributed by atoms with Crippen molar-refractivity contribution in [1.82, 2.24) is 0 Å². The molecule has 1 N–H and O–H groups in total. The largest absolute Gasteiger partial charge is 0.496 e. The fraction of sp³-hybridized carbons (Fsp3) is 0.400. The lowest BCUT2D eigenvalue weighted by Gasteiger charge is -2.14. The maximum Gasteiger partial charge on any atom is 0.140 e. The second-order valence-corrected chi connectivity index (χ2v) is 3.26. The Bertz CT molecular complexity index is 337. The molecule has 14 heavy (non-hydrogen) atoms. The fourth-order valence-electron chi connectivity index (χ4n) is 1.35. The van der Waals surface area contributed by atoms with Gasteiger partial charge < -0.3 is 14.6 Å². The molecule has 0 fully saturated rings. The number of hydrogen-bond acceptors (Lipinski definition) is 3. The van der Waals surface area contributed by atoms with E-state index in [0.717, 1.165) is 5.56 Å². The molecule has 0 aliphatic rings. The van der Waals surface area contributed by atoms with Crippen LogP contribution >= 0.6 is 11.6 Å². The van der Waals surface area contributed by atoms with Crippen LogP contribution in [-0.2, 0) is 6.61 Å². The molecule has 0 saturated heterocycles. The molecule has 0 atom stereocenters. The first-order valence-corrected chi connectivity index (χ1v) is 4.54. The molecule has 0 aliphatic heterocycles. The first-order chi connectivity index (χ1) is 6.65. The van der Waals surface area contributed by atoms with Crippen molar-refractivity contribution >= 4 is 11.6 Å². The monoisotopic (exact) mass is 216 g/mol. The molecule has 0 aromatic heterocycles. The third kappa shape index (κ3) is 1.79. The first kappa shape index (κ1) is 11.1. The number of aliphatic hydroxyl groups excluding tert-OH is 1. The third-order valence-corrected chi connectivity index (χ3v) is 2.45. The van der Waals surface area contributed by atoms with Crippen molar-refractivity contribution < 1.29 is 14.6 Å². The molecule has 1 aromatic rings.